The second kappa shape index (κ2) is 7.05. The number of aromatic nitrogens is 3. The molecule has 0 fully saturated rings. The molecule has 2 aromatic rings. The van der Waals surface area contributed by atoms with Gasteiger partial charge in [-0.2, -0.15) is 5.10 Å². The Balaban J connectivity index is 2.09. The van der Waals surface area contributed by atoms with Gasteiger partial charge in [0.1, 0.15) is 18.7 Å². The molecule has 1 atom stereocenters. The molecule has 0 amide bonds. The number of benzene rings is 1. The van der Waals surface area contributed by atoms with Gasteiger partial charge in [0.15, 0.2) is 5.82 Å². The van der Waals surface area contributed by atoms with Crippen LogP contribution in [0.1, 0.15) is 37.7 Å². The van der Waals surface area contributed by atoms with Crippen molar-refractivity contribution in [2.45, 2.75) is 39.5 Å². The van der Waals surface area contributed by atoms with Crippen molar-refractivity contribution >= 4 is 0 Å². The molecule has 0 saturated heterocycles. The molecule has 1 unspecified atom stereocenters. The maximum Gasteiger partial charge on any atom is 0.164 e. The Bertz CT molecular complexity index is 538. The molecule has 2 rings (SSSR count). The highest BCUT2D eigenvalue weighted by molar-refractivity contribution is 5.35. The number of ether oxygens (including phenoxy) is 1. The van der Waals surface area contributed by atoms with Crippen LogP contribution in [0.3, 0.4) is 0 Å². The van der Waals surface area contributed by atoms with Crippen LogP contribution in [0.25, 0.3) is 0 Å². The average molecular weight is 274 g/mol. The predicted molar refractivity (Wildman–Crippen MR) is 78.6 cm³/mol. The predicted octanol–water partition coefficient (Wildman–Crippen LogP) is 2.55. The molecule has 1 heterocycles. The summed E-state index contributed by atoms with van der Waals surface area (Å²) in [5.41, 5.74) is 1.15. The zero-order valence-corrected chi connectivity index (χ0v) is 12.3. The van der Waals surface area contributed by atoms with Crippen molar-refractivity contribution in [2.24, 2.45) is 0 Å². The van der Waals surface area contributed by atoms with Crippen LogP contribution in [0.4, 0.5) is 0 Å². The molecular weight excluding hydrogens is 252 g/mol. The highest BCUT2D eigenvalue weighted by Crippen LogP contribution is 2.25. The van der Waals surface area contributed by atoms with Crippen molar-refractivity contribution in [3.05, 3.63) is 42.0 Å². The number of nitrogens with zero attached hydrogens (tertiary/aromatic N) is 3. The molecule has 0 aliphatic carbocycles. The van der Waals surface area contributed by atoms with Crippen LogP contribution in [-0.4, -0.2) is 21.8 Å². The minimum Gasteiger partial charge on any atom is -0.485 e. The Morgan fingerprint density at radius 2 is 2.15 bits per heavy atom. The fourth-order valence-electron chi connectivity index (χ4n) is 2.07. The summed E-state index contributed by atoms with van der Waals surface area (Å²) >= 11 is 0. The second-order valence-electron chi connectivity index (χ2n) is 4.74. The third-order valence-electron chi connectivity index (χ3n) is 3.31. The van der Waals surface area contributed by atoms with Crippen LogP contribution < -0.4 is 10.1 Å². The zero-order chi connectivity index (χ0) is 14.4. The first-order chi connectivity index (χ1) is 9.76. The molecule has 1 aromatic heterocycles. The summed E-state index contributed by atoms with van der Waals surface area (Å²) in [6.07, 6.45) is 2.61. The first-order valence-electron chi connectivity index (χ1n) is 7.02. The number of nitrogens with one attached hydrogen (secondary N) is 1. The summed E-state index contributed by atoms with van der Waals surface area (Å²) in [5.74, 6) is 1.75. The normalized spacial score (nSPS) is 12.3. The van der Waals surface area contributed by atoms with E-state index >= 15 is 0 Å². The Labute approximate surface area is 120 Å². The first-order valence-corrected chi connectivity index (χ1v) is 7.02. The lowest BCUT2D eigenvalue weighted by Crippen LogP contribution is -2.14. The molecule has 5 nitrogen and oxygen atoms in total. The highest BCUT2D eigenvalue weighted by Gasteiger charge is 2.11. The fraction of sp³-hybridized carbons (Fsp3) is 0.467. The quantitative estimate of drug-likeness (QED) is 0.843. The summed E-state index contributed by atoms with van der Waals surface area (Å²) in [6, 6.07) is 8.32. The zero-order valence-electron chi connectivity index (χ0n) is 12.3. The average Bonchev–Trinajstić information content (AvgIpc) is 2.92. The molecule has 5 heteroatoms. The smallest absolute Gasteiger partial charge is 0.164 e. The number of rotatable bonds is 7. The topological polar surface area (TPSA) is 52.0 Å². The van der Waals surface area contributed by atoms with Crippen molar-refractivity contribution in [3.8, 4) is 5.75 Å². The van der Waals surface area contributed by atoms with Gasteiger partial charge in [0.05, 0.1) is 0 Å². The van der Waals surface area contributed by atoms with Crippen molar-refractivity contribution in [2.75, 3.05) is 7.05 Å². The maximum absolute atomic E-state index is 5.93. The van der Waals surface area contributed by atoms with Gasteiger partial charge in [-0.05, 0) is 26.5 Å². The minimum atomic E-state index is 0.250. The van der Waals surface area contributed by atoms with Crippen LogP contribution in [0.2, 0.25) is 0 Å². The van der Waals surface area contributed by atoms with Gasteiger partial charge >= 0.3 is 0 Å². The van der Waals surface area contributed by atoms with Crippen molar-refractivity contribution in [3.63, 3.8) is 0 Å². The van der Waals surface area contributed by atoms with Crippen LogP contribution >= 0.6 is 0 Å². The molecule has 0 saturated carbocycles. The van der Waals surface area contributed by atoms with Crippen molar-refractivity contribution in [1.29, 1.82) is 0 Å². The SMILES string of the molecule is CCCn1ncnc1COc1ccccc1C(C)NC. The molecule has 0 aliphatic rings. The Morgan fingerprint density at radius 1 is 1.35 bits per heavy atom. The molecule has 1 N–H and O–H groups in total. The number of hydrogen-bond donors (Lipinski definition) is 1. The number of hydrogen-bond acceptors (Lipinski definition) is 4. The van der Waals surface area contributed by atoms with Crippen molar-refractivity contribution in [1.82, 2.24) is 20.1 Å². The molecule has 0 aliphatic heterocycles. The van der Waals surface area contributed by atoms with E-state index in [0.717, 1.165) is 30.1 Å². The summed E-state index contributed by atoms with van der Waals surface area (Å²) in [5, 5.41) is 7.44. The fourth-order valence-corrected chi connectivity index (χ4v) is 2.07. The van der Waals surface area contributed by atoms with E-state index in [2.05, 4.69) is 35.3 Å². The number of para-hydroxylation sites is 1. The van der Waals surface area contributed by atoms with E-state index in [1.807, 2.05) is 29.9 Å². The van der Waals surface area contributed by atoms with E-state index in [-0.39, 0.29) is 6.04 Å². The summed E-state index contributed by atoms with van der Waals surface area (Å²) in [6.45, 7) is 5.54. The van der Waals surface area contributed by atoms with Gasteiger partial charge in [-0.25, -0.2) is 9.67 Å². The standard InChI is InChI=1S/C15H22N4O/c1-4-9-19-15(17-11-18-19)10-20-14-8-6-5-7-13(14)12(2)16-3/h5-8,11-12,16H,4,9-10H2,1-3H3. The van der Waals surface area contributed by atoms with E-state index in [1.54, 1.807) is 6.33 Å². The van der Waals surface area contributed by atoms with Gasteiger partial charge in [-0.1, -0.05) is 25.1 Å². The molecular formula is C15H22N4O. The summed E-state index contributed by atoms with van der Waals surface area (Å²) in [4.78, 5) is 4.26. The summed E-state index contributed by atoms with van der Waals surface area (Å²) < 4.78 is 7.82. The monoisotopic (exact) mass is 274 g/mol. The molecule has 20 heavy (non-hydrogen) atoms. The lowest BCUT2D eigenvalue weighted by Gasteiger charge is -2.16. The Hall–Kier alpha value is -1.88. The second-order valence-corrected chi connectivity index (χ2v) is 4.74. The van der Waals surface area contributed by atoms with Gasteiger partial charge in [0.25, 0.3) is 0 Å². The summed E-state index contributed by atoms with van der Waals surface area (Å²) in [7, 11) is 1.94. The van der Waals surface area contributed by atoms with Gasteiger partial charge in [-0.3, -0.25) is 0 Å². The number of aryl methyl sites for hydroxylation is 1. The van der Waals surface area contributed by atoms with Crippen LogP contribution in [0, 0.1) is 0 Å². The first kappa shape index (κ1) is 14.5. The van der Waals surface area contributed by atoms with Crippen molar-refractivity contribution < 1.29 is 4.74 Å². The molecule has 0 bridgehead atoms. The van der Waals surface area contributed by atoms with E-state index in [1.165, 1.54) is 0 Å². The van der Waals surface area contributed by atoms with Gasteiger partial charge in [0.2, 0.25) is 0 Å². The molecule has 1 aromatic carbocycles. The van der Waals surface area contributed by atoms with Gasteiger partial charge in [0, 0.05) is 18.2 Å². The van der Waals surface area contributed by atoms with Gasteiger partial charge in [-0.15, -0.1) is 0 Å². The van der Waals surface area contributed by atoms with E-state index in [4.69, 9.17) is 4.74 Å². The van der Waals surface area contributed by atoms with E-state index in [0.29, 0.717) is 6.61 Å². The van der Waals surface area contributed by atoms with Gasteiger partial charge < -0.3 is 10.1 Å². The molecule has 108 valence electrons. The van der Waals surface area contributed by atoms with E-state index < -0.39 is 0 Å². The van der Waals surface area contributed by atoms with Crippen LogP contribution in [0.5, 0.6) is 5.75 Å². The maximum atomic E-state index is 5.93. The Kier molecular flexibility index (Phi) is 5.12. The van der Waals surface area contributed by atoms with Crippen LogP contribution in [-0.2, 0) is 13.2 Å². The van der Waals surface area contributed by atoms with E-state index in [9.17, 15) is 0 Å². The Morgan fingerprint density at radius 3 is 2.90 bits per heavy atom. The third-order valence-corrected chi connectivity index (χ3v) is 3.31. The highest BCUT2D eigenvalue weighted by atomic mass is 16.5. The van der Waals surface area contributed by atoms with Crippen LogP contribution in [0.15, 0.2) is 30.6 Å². The molecule has 0 radical (unpaired) electrons. The lowest BCUT2D eigenvalue weighted by atomic mass is 10.1. The molecule has 0 spiro atoms. The lowest BCUT2D eigenvalue weighted by molar-refractivity contribution is 0.281. The largest absolute Gasteiger partial charge is 0.485 e. The third kappa shape index (κ3) is 3.36. The minimum absolute atomic E-state index is 0.250.